The number of hydrogen-bond donors (Lipinski definition) is 1. The van der Waals surface area contributed by atoms with Crippen molar-refractivity contribution in [1.82, 2.24) is 15.0 Å². The summed E-state index contributed by atoms with van der Waals surface area (Å²) < 4.78 is 44.6. The molecule has 1 heterocycles. The highest BCUT2D eigenvalue weighted by Gasteiger charge is 2.32. The summed E-state index contributed by atoms with van der Waals surface area (Å²) >= 11 is 0. The molecule has 0 aliphatic heterocycles. The fraction of sp³-hybridized carbons (Fsp3) is 0.433. The van der Waals surface area contributed by atoms with Crippen LogP contribution in [0.5, 0.6) is 0 Å². The van der Waals surface area contributed by atoms with Gasteiger partial charge < -0.3 is 9.63 Å². The molecule has 0 aliphatic rings. The molecule has 3 rings (SSSR count). The monoisotopic (exact) mass is 573 g/mol. The summed E-state index contributed by atoms with van der Waals surface area (Å²) in [6, 6.07) is 9.73. The van der Waals surface area contributed by atoms with E-state index in [0.29, 0.717) is 22.7 Å². The van der Waals surface area contributed by atoms with E-state index in [0.717, 1.165) is 31.0 Å². The van der Waals surface area contributed by atoms with E-state index in [4.69, 9.17) is 4.52 Å². The normalized spacial score (nSPS) is 11.4. The van der Waals surface area contributed by atoms with Gasteiger partial charge in [0.2, 0.25) is 0 Å². The van der Waals surface area contributed by atoms with Crippen molar-refractivity contribution in [3.05, 3.63) is 71.0 Å². The number of hydrogen-bond acceptors (Lipinski definition) is 6. The third kappa shape index (κ3) is 9.54. The number of nitrogens with zero attached hydrogens (tertiary/aromatic N) is 3. The molecule has 2 amide bonds. The fourth-order valence-corrected chi connectivity index (χ4v) is 4.36. The molecule has 1 aromatic heterocycles. The lowest BCUT2D eigenvalue weighted by molar-refractivity contribution is -0.154. The summed E-state index contributed by atoms with van der Waals surface area (Å²) in [5.74, 6) is -3.63. The first-order valence-corrected chi connectivity index (χ1v) is 13.8. The van der Waals surface area contributed by atoms with Crippen molar-refractivity contribution < 1.29 is 37.2 Å². The molecule has 8 nitrogen and oxygen atoms in total. The van der Waals surface area contributed by atoms with Gasteiger partial charge >= 0.3 is 18.1 Å². The summed E-state index contributed by atoms with van der Waals surface area (Å²) in [7, 11) is 0. The van der Waals surface area contributed by atoms with Gasteiger partial charge in [-0.25, -0.2) is 4.79 Å². The maximum absolute atomic E-state index is 13.1. The Morgan fingerprint density at radius 1 is 0.902 bits per heavy atom. The summed E-state index contributed by atoms with van der Waals surface area (Å²) in [6.07, 6.45) is 6.85. The zero-order chi connectivity index (χ0) is 29.8. The minimum absolute atomic E-state index is 0.0373. The topological polar surface area (TPSA) is 114 Å². The van der Waals surface area contributed by atoms with Crippen molar-refractivity contribution in [2.24, 2.45) is 0 Å². The Kier molecular flexibility index (Phi) is 11.6. The van der Waals surface area contributed by atoms with Crippen molar-refractivity contribution in [1.29, 1.82) is 0 Å². The maximum Gasteiger partial charge on any atom is 0.416 e. The quantitative estimate of drug-likeness (QED) is 0.162. The van der Waals surface area contributed by atoms with E-state index in [9.17, 15) is 32.7 Å². The van der Waals surface area contributed by atoms with Crippen molar-refractivity contribution >= 4 is 17.8 Å². The number of halogens is 3. The zero-order valence-electron chi connectivity index (χ0n) is 23.0. The van der Waals surface area contributed by atoms with Gasteiger partial charge in [-0.05, 0) is 48.4 Å². The van der Waals surface area contributed by atoms with E-state index in [1.54, 1.807) is 0 Å². The molecule has 0 fully saturated rings. The average molecular weight is 574 g/mol. The molecule has 0 atom stereocenters. The van der Waals surface area contributed by atoms with E-state index in [1.807, 2.05) is 0 Å². The molecule has 0 unspecified atom stereocenters. The number of benzene rings is 2. The van der Waals surface area contributed by atoms with Crippen LogP contribution in [0.25, 0.3) is 11.5 Å². The number of aliphatic carboxylic acids is 1. The molecule has 2 aromatic carbocycles. The number of unbranched alkanes of at least 4 members (excludes halogenated alkanes) is 8. The molecule has 0 bridgehead atoms. The third-order valence-corrected chi connectivity index (χ3v) is 6.62. The van der Waals surface area contributed by atoms with Crippen LogP contribution in [-0.2, 0) is 28.7 Å². The lowest BCUT2D eigenvalue weighted by Gasteiger charge is -2.20. The lowest BCUT2D eigenvalue weighted by Crippen LogP contribution is -2.40. The maximum atomic E-state index is 13.1. The molecule has 3 aromatic rings. The highest BCUT2D eigenvalue weighted by Crippen LogP contribution is 2.30. The van der Waals surface area contributed by atoms with Crippen LogP contribution in [0.2, 0.25) is 0 Å². The molecule has 0 saturated heterocycles. The second kappa shape index (κ2) is 15.1. The first-order valence-electron chi connectivity index (χ1n) is 13.8. The van der Waals surface area contributed by atoms with Crippen LogP contribution in [-0.4, -0.2) is 37.9 Å². The highest BCUT2D eigenvalue weighted by atomic mass is 19.4. The van der Waals surface area contributed by atoms with Gasteiger partial charge in [0.1, 0.15) is 0 Å². The summed E-state index contributed by atoms with van der Waals surface area (Å²) in [5, 5.41) is 13.2. The molecule has 41 heavy (non-hydrogen) atoms. The van der Waals surface area contributed by atoms with Gasteiger partial charge in [-0.3, -0.25) is 14.5 Å². The van der Waals surface area contributed by atoms with Crippen LogP contribution in [0.3, 0.4) is 0 Å². The minimum atomic E-state index is -4.64. The van der Waals surface area contributed by atoms with E-state index >= 15 is 0 Å². The number of carboxylic acid groups (broad SMARTS) is 1. The van der Waals surface area contributed by atoms with E-state index in [1.165, 1.54) is 75.3 Å². The Balaban J connectivity index is 1.60. The van der Waals surface area contributed by atoms with E-state index < -0.39 is 36.1 Å². The second-order valence-corrected chi connectivity index (χ2v) is 9.87. The molecule has 11 heteroatoms. The predicted octanol–water partition coefficient (Wildman–Crippen LogP) is 7.08. The Bertz CT molecular complexity index is 1310. The Labute approximate surface area is 236 Å². The van der Waals surface area contributed by atoms with E-state index in [-0.39, 0.29) is 17.0 Å². The van der Waals surface area contributed by atoms with Gasteiger partial charge in [0.25, 0.3) is 11.8 Å². The number of rotatable bonds is 14. The molecule has 1 N–H and O–H groups in total. The summed E-state index contributed by atoms with van der Waals surface area (Å²) in [6.45, 7) is 1.55. The minimum Gasteiger partial charge on any atom is -0.474 e. The van der Waals surface area contributed by atoms with Crippen molar-refractivity contribution in [2.45, 2.75) is 83.9 Å². The molecule has 0 aliphatic carbocycles. The Morgan fingerprint density at radius 3 is 2.15 bits per heavy atom. The van der Waals surface area contributed by atoms with Gasteiger partial charge in [-0.2, -0.15) is 18.2 Å². The highest BCUT2D eigenvalue weighted by molar-refractivity contribution is 6.35. The first-order chi connectivity index (χ1) is 19.6. The lowest BCUT2D eigenvalue weighted by atomic mass is 10.1. The predicted molar refractivity (Wildman–Crippen MR) is 145 cm³/mol. The second-order valence-electron chi connectivity index (χ2n) is 9.87. The van der Waals surface area contributed by atoms with Crippen LogP contribution >= 0.6 is 0 Å². The number of aromatic nitrogens is 2. The molecule has 0 radical (unpaired) electrons. The van der Waals surface area contributed by atoms with E-state index in [2.05, 4.69) is 17.1 Å². The number of carbonyl (C=O) groups is 3. The molecule has 220 valence electrons. The van der Waals surface area contributed by atoms with Gasteiger partial charge in [-0.15, -0.1) is 0 Å². The van der Waals surface area contributed by atoms with Gasteiger partial charge in [0.15, 0.2) is 5.82 Å². The van der Waals surface area contributed by atoms with Crippen LogP contribution in [0.1, 0.15) is 92.0 Å². The number of amides is 2. The van der Waals surface area contributed by atoms with Crippen LogP contribution in [0.15, 0.2) is 53.1 Å². The largest absolute Gasteiger partial charge is 0.474 e. The Hall–Kier alpha value is -4.02. The zero-order valence-corrected chi connectivity index (χ0v) is 23.0. The third-order valence-electron chi connectivity index (χ3n) is 6.62. The number of carbonyl (C=O) groups excluding carboxylic acids is 2. The number of alkyl halides is 3. The van der Waals surface area contributed by atoms with Crippen molar-refractivity contribution in [3.8, 4) is 11.5 Å². The SMILES string of the molecule is CCCCCCCCCCCc1noc(-c2ccc(C(=O)N(Cc3cccc(C(F)(F)F)c3)C(=O)C(=O)O)cc2)n1. The molecular weight excluding hydrogens is 539 g/mol. The molecular formula is C30H34F3N3O5. The van der Waals surface area contributed by atoms with Crippen LogP contribution < -0.4 is 0 Å². The van der Waals surface area contributed by atoms with Crippen LogP contribution in [0, 0.1) is 0 Å². The van der Waals surface area contributed by atoms with Crippen molar-refractivity contribution in [3.63, 3.8) is 0 Å². The van der Waals surface area contributed by atoms with Crippen LogP contribution in [0.4, 0.5) is 13.2 Å². The smallest absolute Gasteiger partial charge is 0.416 e. The standard InChI is InChI=1S/C30H34F3N3O5/c1-2-3-4-5-6-7-8-9-10-14-25-34-26(41-35-25)22-15-17-23(18-16-22)27(37)36(28(38)29(39)40)20-21-12-11-13-24(19-21)30(31,32)33/h11-13,15-19H,2-10,14,20H2,1H3,(H,39,40). The summed E-state index contributed by atoms with van der Waals surface area (Å²) in [5.41, 5.74) is -0.554. The fourth-order valence-electron chi connectivity index (χ4n) is 4.36. The molecule has 0 spiro atoms. The first kappa shape index (κ1) is 31.5. The Morgan fingerprint density at radius 2 is 1.54 bits per heavy atom. The number of aryl methyl sites for hydroxylation is 1. The summed E-state index contributed by atoms with van der Waals surface area (Å²) in [4.78, 5) is 41.5. The van der Waals surface area contributed by atoms with Gasteiger partial charge in [0.05, 0.1) is 12.1 Å². The van der Waals surface area contributed by atoms with Crippen molar-refractivity contribution in [2.75, 3.05) is 0 Å². The molecule has 0 saturated carbocycles. The number of carboxylic acids is 1. The number of imide groups is 1. The average Bonchev–Trinajstić information content (AvgIpc) is 3.43. The van der Waals surface area contributed by atoms with Gasteiger partial charge in [0, 0.05) is 17.5 Å². The van der Waals surface area contributed by atoms with Gasteiger partial charge in [-0.1, -0.05) is 75.6 Å².